The molecule has 0 aromatic rings. The molecule has 2 nitrogen and oxygen atoms in total. The second-order valence-corrected chi connectivity index (χ2v) is 5.97. The Morgan fingerprint density at radius 1 is 1.44 bits per heavy atom. The molecule has 0 aliphatic heterocycles. The van der Waals surface area contributed by atoms with E-state index in [2.05, 4.69) is 19.2 Å². The Bertz CT molecular complexity index is 46.3. The molecular weight excluding hydrogens is 221 g/mol. The molecule has 0 aromatic carbocycles. The molecule has 0 atom stereocenters. The first-order valence-corrected chi connectivity index (χ1v) is 7.44. The van der Waals surface area contributed by atoms with Crippen LogP contribution in [0.1, 0.15) is 13.8 Å². The van der Waals surface area contributed by atoms with Crippen LogP contribution in [0.4, 0.5) is 0 Å². The number of hydrogen-bond acceptors (Lipinski definition) is 2. The van der Waals surface area contributed by atoms with Crippen molar-refractivity contribution in [3.63, 3.8) is 0 Å². The van der Waals surface area contributed by atoms with Gasteiger partial charge in [0, 0.05) is 0 Å². The van der Waals surface area contributed by atoms with E-state index in [-0.39, 0.29) is 21.1 Å². The summed E-state index contributed by atoms with van der Waals surface area (Å²) in [4.78, 5) is 0. The van der Waals surface area contributed by atoms with E-state index in [0.717, 1.165) is 17.9 Å². The van der Waals surface area contributed by atoms with Crippen LogP contribution in [0.5, 0.6) is 0 Å². The van der Waals surface area contributed by atoms with Gasteiger partial charge in [0.05, 0.1) is 0 Å². The van der Waals surface area contributed by atoms with Gasteiger partial charge < -0.3 is 0 Å². The molecule has 0 spiro atoms. The number of rotatable bonds is 6. The zero-order valence-corrected chi connectivity index (χ0v) is 9.09. The Balaban J connectivity index is 2.60. The van der Waals surface area contributed by atoms with Crippen molar-refractivity contribution in [2.24, 2.45) is 0 Å². The van der Waals surface area contributed by atoms with Crippen LogP contribution in [0.25, 0.3) is 0 Å². The summed E-state index contributed by atoms with van der Waals surface area (Å²) in [5.74, 6) is 0. The molecular formula is C6H15NOSn. The van der Waals surface area contributed by atoms with Crippen LogP contribution in [0.3, 0.4) is 0 Å². The van der Waals surface area contributed by atoms with Gasteiger partial charge in [0.1, 0.15) is 0 Å². The van der Waals surface area contributed by atoms with Gasteiger partial charge in [0.15, 0.2) is 0 Å². The Morgan fingerprint density at radius 2 is 2.22 bits per heavy atom. The van der Waals surface area contributed by atoms with E-state index in [1.807, 2.05) is 0 Å². The third-order valence-corrected chi connectivity index (χ3v) is 3.50. The van der Waals surface area contributed by atoms with Crippen molar-refractivity contribution in [2.45, 2.75) is 18.3 Å². The zero-order valence-electron chi connectivity index (χ0n) is 6.24. The van der Waals surface area contributed by atoms with Gasteiger partial charge in [0.2, 0.25) is 0 Å². The van der Waals surface area contributed by atoms with E-state index < -0.39 is 0 Å². The molecule has 0 aromatic heterocycles. The predicted octanol–water partition coefficient (Wildman–Crippen LogP) is 0.670. The van der Waals surface area contributed by atoms with E-state index in [0.29, 0.717) is 0 Å². The van der Waals surface area contributed by atoms with Crippen LogP contribution in [-0.2, 0) is 4.74 Å². The molecule has 3 heteroatoms. The third kappa shape index (κ3) is 8.72. The topological polar surface area (TPSA) is 21.3 Å². The standard InChI is InChI=1S/C4H10NO.C2H5.Sn/c1-3-5-4-6-2;1-2;/h5H,2-4H2,1H3;1H2,2H3;. The molecule has 0 amide bonds. The molecule has 0 bridgehead atoms. The third-order valence-electron chi connectivity index (χ3n) is 0.908. The molecule has 2 radical (unpaired) electrons. The molecule has 0 heterocycles. The molecule has 1 N–H and O–H groups in total. The van der Waals surface area contributed by atoms with Crippen molar-refractivity contribution < 1.29 is 4.74 Å². The van der Waals surface area contributed by atoms with Crippen molar-refractivity contribution in [1.82, 2.24) is 5.32 Å². The Labute approximate surface area is 67.6 Å². The van der Waals surface area contributed by atoms with E-state index in [1.165, 1.54) is 4.44 Å². The van der Waals surface area contributed by atoms with Crippen molar-refractivity contribution in [1.29, 1.82) is 0 Å². The second kappa shape index (κ2) is 8.72. The first-order chi connectivity index (χ1) is 4.41. The summed E-state index contributed by atoms with van der Waals surface area (Å²) in [6.45, 7) is 6.08. The van der Waals surface area contributed by atoms with Crippen molar-refractivity contribution >= 4 is 21.1 Å². The van der Waals surface area contributed by atoms with Crippen molar-refractivity contribution in [3.05, 3.63) is 0 Å². The summed E-state index contributed by atoms with van der Waals surface area (Å²) in [5.41, 5.74) is 0. The van der Waals surface area contributed by atoms with Gasteiger partial charge in [-0.2, -0.15) is 0 Å². The van der Waals surface area contributed by atoms with Gasteiger partial charge in [-0.1, -0.05) is 0 Å². The average molecular weight is 236 g/mol. The maximum atomic E-state index is 5.28. The molecule has 0 unspecified atom stereocenters. The summed E-state index contributed by atoms with van der Waals surface area (Å²) in [5, 5.41) is 3.11. The zero-order chi connectivity index (χ0) is 6.95. The van der Waals surface area contributed by atoms with E-state index in [1.54, 1.807) is 0 Å². The summed E-state index contributed by atoms with van der Waals surface area (Å²) in [6.07, 6.45) is 0. The molecule has 0 fully saturated rings. The minimum atomic E-state index is -0.102. The van der Waals surface area contributed by atoms with Gasteiger partial charge in [-0.25, -0.2) is 0 Å². The van der Waals surface area contributed by atoms with Gasteiger partial charge >= 0.3 is 67.4 Å². The van der Waals surface area contributed by atoms with Crippen LogP contribution in [-0.4, -0.2) is 39.0 Å². The fourth-order valence-electron chi connectivity index (χ4n) is 0.399. The minimum absolute atomic E-state index is 0.102. The van der Waals surface area contributed by atoms with Crippen LogP contribution in [0.15, 0.2) is 0 Å². The normalized spacial score (nSPS) is 10.0. The Hall–Kier alpha value is 0.719. The van der Waals surface area contributed by atoms with Gasteiger partial charge in [-0.05, 0) is 0 Å². The predicted molar refractivity (Wildman–Crippen MR) is 40.7 cm³/mol. The molecule has 9 heavy (non-hydrogen) atoms. The van der Waals surface area contributed by atoms with E-state index in [4.69, 9.17) is 4.74 Å². The molecule has 0 rings (SSSR count). The van der Waals surface area contributed by atoms with Crippen LogP contribution in [0, 0.1) is 0 Å². The maximum absolute atomic E-state index is 5.28. The molecule has 54 valence electrons. The number of nitrogens with one attached hydrogen (secondary N) is 1. The fourth-order valence-corrected chi connectivity index (χ4v) is 1.69. The quantitative estimate of drug-likeness (QED) is 0.415. The first-order valence-electron chi connectivity index (χ1n) is 3.41. The average Bonchev–Trinajstić information content (AvgIpc) is 1.89. The van der Waals surface area contributed by atoms with Crippen LogP contribution >= 0.6 is 0 Å². The Kier molecular flexibility index (Phi) is 9.41. The van der Waals surface area contributed by atoms with Crippen LogP contribution < -0.4 is 5.32 Å². The molecule has 0 aliphatic rings. The second-order valence-electron chi connectivity index (χ2n) is 1.70. The van der Waals surface area contributed by atoms with E-state index in [9.17, 15) is 0 Å². The molecule has 0 saturated heterocycles. The molecule has 0 aliphatic carbocycles. The van der Waals surface area contributed by atoms with Crippen molar-refractivity contribution in [3.8, 4) is 0 Å². The monoisotopic (exact) mass is 237 g/mol. The van der Waals surface area contributed by atoms with Crippen LogP contribution in [0.2, 0.25) is 4.44 Å². The summed E-state index contributed by atoms with van der Waals surface area (Å²) >= 11 is -0.102. The van der Waals surface area contributed by atoms with Crippen molar-refractivity contribution in [2.75, 3.05) is 17.9 Å². The fraction of sp³-hybridized carbons (Fsp3) is 1.00. The van der Waals surface area contributed by atoms with Gasteiger partial charge in [-0.3, -0.25) is 0 Å². The van der Waals surface area contributed by atoms with Gasteiger partial charge in [-0.15, -0.1) is 0 Å². The number of ether oxygens (including phenoxy) is 1. The summed E-state index contributed by atoms with van der Waals surface area (Å²) < 4.78 is 7.73. The number of hydrogen-bond donors (Lipinski definition) is 1. The molecule has 0 saturated carbocycles. The SMILES string of the molecule is CCNCO[CH2][Sn][CH2]C. The van der Waals surface area contributed by atoms with E-state index >= 15 is 0 Å². The van der Waals surface area contributed by atoms with Gasteiger partial charge in [0.25, 0.3) is 0 Å². The summed E-state index contributed by atoms with van der Waals surface area (Å²) in [6, 6.07) is 0. The first kappa shape index (κ1) is 9.72. The summed E-state index contributed by atoms with van der Waals surface area (Å²) in [7, 11) is 0. The Morgan fingerprint density at radius 3 is 2.78 bits per heavy atom.